The Morgan fingerprint density at radius 1 is 1.18 bits per heavy atom. The van der Waals surface area contributed by atoms with Crippen LogP contribution in [0.15, 0.2) is 28.6 Å². The van der Waals surface area contributed by atoms with Crippen LogP contribution in [0.25, 0.3) is 11.1 Å². The maximum atomic E-state index is 14.7. The number of hydrogen-bond donors (Lipinski definition) is 0. The molecule has 1 aromatic heterocycles. The summed E-state index contributed by atoms with van der Waals surface area (Å²) >= 11 is 0. The van der Waals surface area contributed by atoms with Gasteiger partial charge >= 0.3 is 0 Å². The number of ketones is 1. The minimum absolute atomic E-state index is 0.0258. The summed E-state index contributed by atoms with van der Waals surface area (Å²) in [6.07, 6.45) is 7.65. The van der Waals surface area contributed by atoms with Gasteiger partial charge < -0.3 is 9.30 Å². The molecule has 2 unspecified atom stereocenters. The number of unbranched alkanes of at least 4 members (excludes halogenated alkanes) is 1. The summed E-state index contributed by atoms with van der Waals surface area (Å²) in [5.41, 5.74) is 9.63. The number of methoxy groups -OCH3 is 1. The summed E-state index contributed by atoms with van der Waals surface area (Å²) in [6, 6.07) is 3.69. The summed E-state index contributed by atoms with van der Waals surface area (Å²) in [5.74, 6) is 0.0613. The number of ether oxygens (including phenoxy) is 1. The highest BCUT2D eigenvalue weighted by atomic mass is 19.1. The highest BCUT2D eigenvalue weighted by Crippen LogP contribution is 2.44. The Balaban J connectivity index is 2.02. The minimum atomic E-state index is -0.764. The van der Waals surface area contributed by atoms with E-state index in [1.807, 2.05) is 24.5 Å². The average Bonchev–Trinajstić information content (AvgIpc) is 3.26. The number of hydrogen-bond acceptors (Lipinski definition) is 3. The largest absolute Gasteiger partial charge is 0.369 e. The lowest BCUT2D eigenvalue weighted by atomic mass is 9.79. The molecule has 4 nitrogen and oxygen atoms in total. The monoisotopic (exact) mass is 519 g/mol. The molecule has 0 N–H and O–H groups in total. The summed E-state index contributed by atoms with van der Waals surface area (Å²) in [6.45, 7) is 12.3. The molecule has 38 heavy (non-hydrogen) atoms. The fourth-order valence-electron chi connectivity index (χ4n) is 6.25. The van der Waals surface area contributed by atoms with Gasteiger partial charge in [0.1, 0.15) is 11.9 Å². The molecule has 0 amide bonds. The van der Waals surface area contributed by atoms with Crippen LogP contribution in [-0.4, -0.2) is 17.5 Å². The Kier molecular flexibility index (Phi) is 8.56. The van der Waals surface area contributed by atoms with Gasteiger partial charge in [0.2, 0.25) is 0 Å². The number of nitrogens with zero attached hydrogens (tertiary/aromatic N) is 1. The molecular weight excluding hydrogens is 477 g/mol. The fourth-order valence-corrected chi connectivity index (χ4v) is 6.25. The van der Waals surface area contributed by atoms with E-state index in [0.717, 1.165) is 77.6 Å². The lowest BCUT2D eigenvalue weighted by Gasteiger charge is -2.26. The number of benzene rings is 1. The van der Waals surface area contributed by atoms with Crippen molar-refractivity contribution in [2.75, 3.05) is 7.11 Å². The molecule has 4 rings (SSSR count). The van der Waals surface area contributed by atoms with E-state index in [2.05, 4.69) is 26.8 Å². The first kappa shape index (κ1) is 28.2. The molecular formula is C33H42FNO3. The van der Waals surface area contributed by atoms with E-state index in [1.54, 1.807) is 6.07 Å². The number of Topliss-reactive ketones (excluding diaryl/α,β-unsaturated/α-hetero) is 1. The van der Waals surface area contributed by atoms with Crippen molar-refractivity contribution < 1.29 is 13.9 Å². The molecule has 1 aromatic carbocycles. The molecule has 0 saturated carbocycles. The molecule has 0 fully saturated rings. The van der Waals surface area contributed by atoms with Crippen LogP contribution < -0.4 is 5.56 Å². The van der Waals surface area contributed by atoms with Gasteiger partial charge in [0.05, 0.1) is 12.2 Å². The number of carbonyl (C=O) groups is 1. The van der Waals surface area contributed by atoms with Gasteiger partial charge in [0.15, 0.2) is 5.78 Å². The van der Waals surface area contributed by atoms with Crippen LogP contribution in [0.5, 0.6) is 0 Å². The van der Waals surface area contributed by atoms with Gasteiger partial charge in [-0.3, -0.25) is 9.59 Å². The SMILES string of the molecule is CCCC=C1/C(=C2/CCCc3c(C)c(F)cc(C)c32)Cn2c1cc(C(OC)C(C)=O)c(CC(C)CC)c2=O. The second-order valence-electron chi connectivity index (χ2n) is 11.2. The van der Waals surface area contributed by atoms with Crippen molar-refractivity contribution in [3.05, 3.63) is 79.0 Å². The van der Waals surface area contributed by atoms with Crippen LogP contribution in [0.4, 0.5) is 4.39 Å². The maximum absolute atomic E-state index is 14.7. The number of pyridine rings is 1. The third-order valence-electron chi connectivity index (χ3n) is 8.50. The predicted molar refractivity (Wildman–Crippen MR) is 153 cm³/mol. The Hall–Kier alpha value is -2.79. The predicted octanol–water partition coefficient (Wildman–Crippen LogP) is 7.46. The molecule has 0 radical (unpaired) electrons. The quantitative estimate of drug-likeness (QED) is 0.364. The first-order valence-electron chi connectivity index (χ1n) is 14.2. The van der Waals surface area contributed by atoms with E-state index in [-0.39, 0.29) is 17.2 Å². The van der Waals surface area contributed by atoms with Gasteiger partial charge in [-0.15, -0.1) is 0 Å². The second-order valence-corrected chi connectivity index (χ2v) is 11.2. The zero-order chi connectivity index (χ0) is 27.7. The molecule has 2 aliphatic rings. The number of carbonyl (C=O) groups excluding carboxylic acids is 1. The zero-order valence-electron chi connectivity index (χ0n) is 24.1. The third-order valence-corrected chi connectivity index (χ3v) is 8.50. The van der Waals surface area contributed by atoms with E-state index in [9.17, 15) is 14.0 Å². The van der Waals surface area contributed by atoms with Crippen LogP contribution in [0, 0.1) is 25.6 Å². The van der Waals surface area contributed by atoms with Gasteiger partial charge in [-0.2, -0.15) is 0 Å². The molecule has 1 aliphatic carbocycles. The van der Waals surface area contributed by atoms with Crippen molar-refractivity contribution in [3.63, 3.8) is 0 Å². The molecule has 204 valence electrons. The van der Waals surface area contributed by atoms with Crippen molar-refractivity contribution in [2.24, 2.45) is 5.92 Å². The van der Waals surface area contributed by atoms with Crippen molar-refractivity contribution in [1.82, 2.24) is 4.57 Å². The number of aromatic nitrogens is 1. The number of fused-ring (bicyclic) bond motifs is 2. The zero-order valence-corrected chi connectivity index (χ0v) is 24.1. The van der Waals surface area contributed by atoms with Crippen molar-refractivity contribution in [2.45, 2.75) is 99.1 Å². The van der Waals surface area contributed by atoms with E-state index in [0.29, 0.717) is 30.0 Å². The number of rotatable bonds is 8. The van der Waals surface area contributed by atoms with Crippen molar-refractivity contribution in [1.29, 1.82) is 0 Å². The van der Waals surface area contributed by atoms with Gasteiger partial charge in [-0.05, 0) is 115 Å². The average molecular weight is 520 g/mol. The van der Waals surface area contributed by atoms with Crippen LogP contribution >= 0.6 is 0 Å². The normalized spacial score (nSPS) is 19.4. The topological polar surface area (TPSA) is 48.3 Å². The Bertz CT molecular complexity index is 1380. The van der Waals surface area contributed by atoms with Gasteiger partial charge in [-0.25, -0.2) is 4.39 Å². The number of allylic oxidation sites excluding steroid dienone is 4. The van der Waals surface area contributed by atoms with Crippen LogP contribution in [0.1, 0.15) is 105 Å². The summed E-state index contributed by atoms with van der Waals surface area (Å²) in [5, 5.41) is 0. The van der Waals surface area contributed by atoms with Crippen LogP contribution in [0.3, 0.4) is 0 Å². The van der Waals surface area contributed by atoms with E-state index >= 15 is 0 Å². The molecule has 5 heteroatoms. The summed E-state index contributed by atoms with van der Waals surface area (Å²) in [4.78, 5) is 26.7. The first-order valence-corrected chi connectivity index (χ1v) is 14.2. The van der Waals surface area contributed by atoms with Gasteiger partial charge in [0, 0.05) is 12.7 Å². The molecule has 2 aromatic rings. The van der Waals surface area contributed by atoms with Gasteiger partial charge in [-0.1, -0.05) is 39.7 Å². The Labute approximate surface area is 226 Å². The molecule has 2 heterocycles. The van der Waals surface area contributed by atoms with E-state index in [1.165, 1.54) is 19.6 Å². The molecule has 0 bridgehead atoms. The Morgan fingerprint density at radius 2 is 1.92 bits per heavy atom. The van der Waals surface area contributed by atoms with Crippen LogP contribution in [-0.2, 0) is 28.9 Å². The van der Waals surface area contributed by atoms with Crippen LogP contribution in [0.2, 0.25) is 0 Å². The van der Waals surface area contributed by atoms with Gasteiger partial charge in [0.25, 0.3) is 5.56 Å². The van der Waals surface area contributed by atoms with Crippen molar-refractivity contribution in [3.8, 4) is 0 Å². The first-order chi connectivity index (χ1) is 18.1. The third kappa shape index (κ3) is 4.98. The molecule has 0 spiro atoms. The molecule has 2 atom stereocenters. The highest BCUT2D eigenvalue weighted by molar-refractivity contribution is 5.93. The van der Waals surface area contributed by atoms with E-state index in [4.69, 9.17) is 4.74 Å². The summed E-state index contributed by atoms with van der Waals surface area (Å²) in [7, 11) is 1.54. The molecule has 1 aliphatic heterocycles. The second kappa shape index (κ2) is 11.5. The standard InChI is InChI=1S/C33H42FNO3/c1-8-10-12-24-28(25-14-11-13-23-21(5)29(34)16-20(4)31(23)25)18-35-30(24)17-26(32(38-7)22(6)36)27(33(35)37)15-19(3)9-2/h12,16-17,19,32H,8-11,13-15,18H2,1-7H3/b24-12?,28-25-. The summed E-state index contributed by atoms with van der Waals surface area (Å²) < 4.78 is 22.2. The minimum Gasteiger partial charge on any atom is -0.369 e. The maximum Gasteiger partial charge on any atom is 0.254 e. The van der Waals surface area contributed by atoms with E-state index < -0.39 is 6.10 Å². The lowest BCUT2D eigenvalue weighted by molar-refractivity contribution is -0.126. The molecule has 0 saturated heterocycles. The lowest BCUT2D eigenvalue weighted by Crippen LogP contribution is -2.29. The highest BCUT2D eigenvalue weighted by Gasteiger charge is 2.33. The smallest absolute Gasteiger partial charge is 0.254 e. The number of halogens is 1. The fraction of sp³-hybridized carbons (Fsp3) is 0.515. The Morgan fingerprint density at radius 3 is 2.55 bits per heavy atom. The number of aryl methyl sites for hydroxylation is 1. The van der Waals surface area contributed by atoms with Crippen molar-refractivity contribution >= 4 is 16.9 Å².